The molecule has 4 fully saturated rings. The number of nitriles is 1. The summed E-state index contributed by atoms with van der Waals surface area (Å²) in [6.07, 6.45) is 5.86. The summed E-state index contributed by atoms with van der Waals surface area (Å²) in [6.45, 7) is 2.21. The van der Waals surface area contributed by atoms with Crippen molar-refractivity contribution in [2.45, 2.75) is 81.2 Å². The molecule has 2 bridgehead atoms. The van der Waals surface area contributed by atoms with Crippen molar-refractivity contribution in [1.82, 2.24) is 25.2 Å². The van der Waals surface area contributed by atoms with Gasteiger partial charge in [-0.2, -0.15) is 15.2 Å². The number of anilines is 1. The Kier molecular flexibility index (Phi) is 6.45. The Hall–Kier alpha value is -4.01. The SMILES string of the molecule is N#Cc1c(F)ccc2cccc(-c3nc4c5c(nc(OC[C@@]67CCCN6C[C@H](F)C7)nc5c3F)N3C[C@H]5CC[C@H](N5)[C@H]3CCC4)c12. The molecule has 11 heteroatoms. The van der Waals surface area contributed by atoms with Gasteiger partial charge in [0.2, 0.25) is 0 Å². The highest BCUT2D eigenvalue weighted by Crippen LogP contribution is 2.44. The Bertz CT molecular complexity index is 1950. The zero-order valence-electron chi connectivity index (χ0n) is 25.4. The Morgan fingerprint density at radius 1 is 1.04 bits per heavy atom. The lowest BCUT2D eigenvalue weighted by atomic mass is 9.93. The van der Waals surface area contributed by atoms with Gasteiger partial charge >= 0.3 is 6.01 Å². The maximum Gasteiger partial charge on any atom is 0.319 e. The molecule has 1 N–H and O–H groups in total. The number of ether oxygens (including phenoxy) is 1. The first-order valence-electron chi connectivity index (χ1n) is 16.5. The van der Waals surface area contributed by atoms with Crippen LogP contribution in [0, 0.1) is 23.0 Å². The summed E-state index contributed by atoms with van der Waals surface area (Å²) in [5, 5.41) is 15.2. The van der Waals surface area contributed by atoms with Crippen molar-refractivity contribution in [2.24, 2.45) is 0 Å². The second kappa shape index (κ2) is 10.5. The van der Waals surface area contributed by atoms with Crippen molar-refractivity contribution >= 4 is 27.5 Å². The number of benzene rings is 2. The number of piperazine rings is 1. The zero-order valence-corrected chi connectivity index (χ0v) is 25.4. The van der Waals surface area contributed by atoms with E-state index < -0.39 is 23.3 Å². The molecule has 0 unspecified atom stereocenters. The molecule has 0 saturated carbocycles. The number of nitrogens with zero attached hydrogens (tertiary/aromatic N) is 6. The molecule has 2 aromatic carbocycles. The van der Waals surface area contributed by atoms with Gasteiger partial charge in [-0.1, -0.05) is 24.3 Å². The van der Waals surface area contributed by atoms with Crippen LogP contribution in [-0.2, 0) is 6.42 Å². The second-order valence-corrected chi connectivity index (χ2v) is 13.7. The minimum Gasteiger partial charge on any atom is -0.461 e. The molecule has 5 atom stereocenters. The van der Waals surface area contributed by atoms with Crippen LogP contribution < -0.4 is 15.0 Å². The van der Waals surface area contributed by atoms with Crippen LogP contribution in [0.15, 0.2) is 30.3 Å². The largest absolute Gasteiger partial charge is 0.461 e. The van der Waals surface area contributed by atoms with Gasteiger partial charge in [-0.3, -0.25) is 4.90 Å². The number of aromatic nitrogens is 3. The fraction of sp³-hybridized carbons (Fsp3) is 0.486. The minimum absolute atomic E-state index is 0.0277. The van der Waals surface area contributed by atoms with Gasteiger partial charge in [0.1, 0.15) is 41.7 Å². The summed E-state index contributed by atoms with van der Waals surface area (Å²) in [5.41, 5.74) is 0.599. The normalized spacial score (nSPS) is 28.6. The molecule has 236 valence electrons. The molecule has 9 rings (SSSR count). The van der Waals surface area contributed by atoms with E-state index in [2.05, 4.69) is 15.1 Å². The predicted octanol–water partition coefficient (Wildman–Crippen LogP) is 5.60. The van der Waals surface area contributed by atoms with E-state index in [1.54, 1.807) is 24.3 Å². The molecule has 7 heterocycles. The van der Waals surface area contributed by atoms with Crippen LogP contribution in [0.4, 0.5) is 19.0 Å². The molecular formula is C35H34F3N7O. The molecule has 4 saturated heterocycles. The van der Waals surface area contributed by atoms with Crippen molar-refractivity contribution in [1.29, 1.82) is 5.26 Å². The molecule has 0 amide bonds. The molecule has 0 radical (unpaired) electrons. The maximum atomic E-state index is 17.1. The van der Waals surface area contributed by atoms with E-state index in [9.17, 15) is 14.0 Å². The monoisotopic (exact) mass is 625 g/mol. The van der Waals surface area contributed by atoms with E-state index >= 15 is 4.39 Å². The van der Waals surface area contributed by atoms with Gasteiger partial charge in [-0.15, -0.1) is 0 Å². The van der Waals surface area contributed by atoms with E-state index in [4.69, 9.17) is 19.7 Å². The van der Waals surface area contributed by atoms with E-state index in [0.717, 1.165) is 51.6 Å². The van der Waals surface area contributed by atoms with Gasteiger partial charge in [0, 0.05) is 48.6 Å². The Morgan fingerprint density at radius 2 is 1.96 bits per heavy atom. The number of nitrogens with one attached hydrogen (secondary N) is 1. The van der Waals surface area contributed by atoms with Crippen LogP contribution in [0.25, 0.3) is 32.9 Å². The number of alkyl halides is 1. The van der Waals surface area contributed by atoms with Crippen LogP contribution in [0.5, 0.6) is 6.01 Å². The third kappa shape index (κ3) is 4.22. The summed E-state index contributed by atoms with van der Waals surface area (Å²) in [7, 11) is 0. The molecule has 5 aliphatic rings. The number of pyridine rings is 1. The first-order chi connectivity index (χ1) is 22.4. The predicted molar refractivity (Wildman–Crippen MR) is 167 cm³/mol. The average molecular weight is 626 g/mol. The quantitative estimate of drug-likeness (QED) is 0.314. The van der Waals surface area contributed by atoms with Gasteiger partial charge in [0.05, 0.1) is 22.2 Å². The lowest BCUT2D eigenvalue weighted by molar-refractivity contribution is 0.107. The highest BCUT2D eigenvalue weighted by molar-refractivity contribution is 6.02. The van der Waals surface area contributed by atoms with E-state index in [1.807, 2.05) is 6.07 Å². The zero-order chi connectivity index (χ0) is 31.2. The number of fused-ring (bicyclic) bond motifs is 7. The van der Waals surface area contributed by atoms with E-state index in [1.165, 1.54) is 6.07 Å². The molecule has 2 aromatic heterocycles. The first kappa shape index (κ1) is 28.2. The second-order valence-electron chi connectivity index (χ2n) is 13.7. The number of rotatable bonds is 4. The molecule has 0 aliphatic carbocycles. The summed E-state index contributed by atoms with van der Waals surface area (Å²) in [6, 6.07) is 11.0. The van der Waals surface area contributed by atoms with Gasteiger partial charge in [0.25, 0.3) is 0 Å². The number of hydrogen-bond donors (Lipinski definition) is 1. The molecule has 0 spiro atoms. The number of hydrogen-bond acceptors (Lipinski definition) is 8. The summed E-state index contributed by atoms with van der Waals surface area (Å²) in [5.74, 6) is -0.692. The molecule has 46 heavy (non-hydrogen) atoms. The number of aryl methyl sites for hydroxylation is 1. The Labute approximate surface area is 264 Å². The average Bonchev–Trinajstić information content (AvgIpc) is 3.72. The van der Waals surface area contributed by atoms with Crippen LogP contribution in [0.2, 0.25) is 0 Å². The minimum atomic E-state index is -0.899. The Balaban J connectivity index is 1.24. The van der Waals surface area contributed by atoms with E-state index in [0.29, 0.717) is 64.7 Å². The van der Waals surface area contributed by atoms with Crippen molar-refractivity contribution in [2.75, 3.05) is 31.1 Å². The highest BCUT2D eigenvalue weighted by Gasteiger charge is 2.49. The smallest absolute Gasteiger partial charge is 0.319 e. The summed E-state index contributed by atoms with van der Waals surface area (Å²) in [4.78, 5) is 19.1. The van der Waals surface area contributed by atoms with E-state index in [-0.39, 0.29) is 35.4 Å². The van der Waals surface area contributed by atoms with Crippen LogP contribution in [0.1, 0.15) is 56.2 Å². The number of halogens is 3. The third-order valence-electron chi connectivity index (χ3n) is 11.2. The molecule has 8 nitrogen and oxygen atoms in total. The van der Waals surface area contributed by atoms with Gasteiger partial charge in [-0.05, 0) is 62.9 Å². The first-order valence-corrected chi connectivity index (χ1v) is 16.5. The maximum absolute atomic E-state index is 17.1. The summed E-state index contributed by atoms with van der Waals surface area (Å²) >= 11 is 0. The Morgan fingerprint density at radius 3 is 2.85 bits per heavy atom. The van der Waals surface area contributed by atoms with Gasteiger partial charge in [-0.25, -0.2) is 18.2 Å². The van der Waals surface area contributed by atoms with Crippen molar-refractivity contribution in [3.63, 3.8) is 0 Å². The van der Waals surface area contributed by atoms with Crippen LogP contribution in [0.3, 0.4) is 0 Å². The van der Waals surface area contributed by atoms with Gasteiger partial charge < -0.3 is 15.0 Å². The lowest BCUT2D eigenvalue weighted by Gasteiger charge is -2.43. The lowest BCUT2D eigenvalue weighted by Crippen LogP contribution is -2.58. The van der Waals surface area contributed by atoms with Crippen molar-refractivity contribution in [3.8, 4) is 23.3 Å². The standard InChI is InChI=1S/C35H34F3N7O/c36-20-14-35(12-3-13-44(35)16-20)18-46-34-42-32-29-26(6-2-7-27-25-11-9-21(40-25)17-45(27)33(29)43-34)41-31(30(32)38)22-5-1-4-19-8-10-24(37)23(15-39)28(19)22/h1,4-5,8,10,20-21,25,27,40H,2-3,6-7,9,11-14,16-18H2/t20-,21-,25+,27-,35+/m1/s1. The van der Waals surface area contributed by atoms with Crippen molar-refractivity contribution < 1.29 is 17.9 Å². The molecule has 5 aliphatic heterocycles. The molecular weight excluding hydrogens is 591 g/mol. The van der Waals surface area contributed by atoms with Crippen LogP contribution in [-0.4, -0.2) is 75.9 Å². The molecule has 4 aromatic rings. The van der Waals surface area contributed by atoms with Crippen molar-refractivity contribution in [3.05, 3.63) is 53.2 Å². The topological polar surface area (TPSA) is 90.2 Å². The van der Waals surface area contributed by atoms with Crippen LogP contribution >= 0.6 is 0 Å². The fourth-order valence-electron chi connectivity index (χ4n) is 9.11. The third-order valence-corrected chi connectivity index (χ3v) is 11.2. The highest BCUT2D eigenvalue weighted by atomic mass is 19.1. The van der Waals surface area contributed by atoms with Gasteiger partial charge in [0.15, 0.2) is 5.82 Å². The summed E-state index contributed by atoms with van der Waals surface area (Å²) < 4.78 is 52.8. The fourth-order valence-corrected chi connectivity index (χ4v) is 9.11.